The third-order valence-electron chi connectivity index (χ3n) is 2.73. The number of aromatic nitrogens is 2. The number of rotatable bonds is 4. The van der Waals surface area contributed by atoms with E-state index in [2.05, 4.69) is 15.3 Å². The highest BCUT2D eigenvalue weighted by Gasteiger charge is 2.10. The molecule has 1 aromatic carbocycles. The summed E-state index contributed by atoms with van der Waals surface area (Å²) in [5, 5.41) is 11.9. The van der Waals surface area contributed by atoms with Crippen molar-refractivity contribution in [2.45, 2.75) is 13.3 Å². The van der Waals surface area contributed by atoms with Gasteiger partial charge in [0.25, 0.3) is 0 Å². The van der Waals surface area contributed by atoms with Crippen LogP contribution in [0.1, 0.15) is 27.4 Å². The average Bonchev–Trinajstić information content (AvgIpc) is 2.41. The zero-order valence-electron chi connectivity index (χ0n) is 10.8. The standard InChI is InChI=1S/C14H15N3O2/c1-9-3-5-10(6-4-9)7-13-16-11(14(18)19)8-12(15-2)17-13/h3-6,8H,7H2,1-2H3,(H,18,19)(H,15,16,17). The van der Waals surface area contributed by atoms with E-state index in [0.717, 1.165) is 5.56 Å². The summed E-state index contributed by atoms with van der Waals surface area (Å²) >= 11 is 0. The summed E-state index contributed by atoms with van der Waals surface area (Å²) in [5.41, 5.74) is 2.23. The largest absolute Gasteiger partial charge is 0.477 e. The zero-order valence-corrected chi connectivity index (χ0v) is 10.8. The molecule has 2 aromatic rings. The molecule has 5 heteroatoms. The van der Waals surface area contributed by atoms with Gasteiger partial charge in [0.05, 0.1) is 0 Å². The maximum absolute atomic E-state index is 11.0. The van der Waals surface area contributed by atoms with E-state index in [-0.39, 0.29) is 5.69 Å². The lowest BCUT2D eigenvalue weighted by Gasteiger charge is -2.06. The molecule has 0 saturated carbocycles. The predicted molar refractivity (Wildman–Crippen MR) is 72.5 cm³/mol. The number of carboxylic acids is 1. The summed E-state index contributed by atoms with van der Waals surface area (Å²) < 4.78 is 0. The van der Waals surface area contributed by atoms with Crippen molar-refractivity contribution in [1.29, 1.82) is 0 Å². The topological polar surface area (TPSA) is 75.1 Å². The fraction of sp³-hybridized carbons (Fsp3) is 0.214. The number of benzene rings is 1. The van der Waals surface area contributed by atoms with Crippen LogP contribution in [0.4, 0.5) is 5.82 Å². The van der Waals surface area contributed by atoms with Gasteiger partial charge in [-0.05, 0) is 12.5 Å². The van der Waals surface area contributed by atoms with Gasteiger partial charge in [-0.1, -0.05) is 29.8 Å². The Morgan fingerprint density at radius 2 is 1.95 bits per heavy atom. The van der Waals surface area contributed by atoms with Crippen molar-refractivity contribution in [3.63, 3.8) is 0 Å². The van der Waals surface area contributed by atoms with Gasteiger partial charge in [-0.2, -0.15) is 0 Å². The summed E-state index contributed by atoms with van der Waals surface area (Å²) in [7, 11) is 1.70. The molecule has 0 radical (unpaired) electrons. The Labute approximate surface area is 111 Å². The number of hydrogen-bond donors (Lipinski definition) is 2. The molecule has 0 fully saturated rings. The van der Waals surface area contributed by atoms with Crippen LogP contribution in [0.3, 0.4) is 0 Å². The van der Waals surface area contributed by atoms with E-state index in [0.29, 0.717) is 18.1 Å². The van der Waals surface area contributed by atoms with Crippen molar-refractivity contribution in [3.05, 3.63) is 53.0 Å². The minimum absolute atomic E-state index is 0.00135. The quantitative estimate of drug-likeness (QED) is 0.877. The molecule has 19 heavy (non-hydrogen) atoms. The normalized spacial score (nSPS) is 10.2. The molecule has 98 valence electrons. The maximum Gasteiger partial charge on any atom is 0.354 e. The van der Waals surface area contributed by atoms with Crippen LogP contribution in [0.2, 0.25) is 0 Å². The smallest absolute Gasteiger partial charge is 0.354 e. The van der Waals surface area contributed by atoms with Crippen molar-refractivity contribution < 1.29 is 9.90 Å². The molecule has 0 aliphatic carbocycles. The second-order valence-electron chi connectivity index (χ2n) is 4.27. The van der Waals surface area contributed by atoms with Crippen LogP contribution < -0.4 is 5.32 Å². The second-order valence-corrected chi connectivity index (χ2v) is 4.27. The van der Waals surface area contributed by atoms with Crippen LogP contribution in [0.15, 0.2) is 30.3 Å². The minimum atomic E-state index is -1.05. The Morgan fingerprint density at radius 3 is 2.53 bits per heavy atom. The van der Waals surface area contributed by atoms with E-state index in [9.17, 15) is 4.79 Å². The first-order valence-electron chi connectivity index (χ1n) is 5.93. The lowest BCUT2D eigenvalue weighted by atomic mass is 10.1. The molecule has 0 amide bonds. The molecular weight excluding hydrogens is 242 g/mol. The molecule has 0 bridgehead atoms. The van der Waals surface area contributed by atoms with Gasteiger partial charge in [0, 0.05) is 19.5 Å². The van der Waals surface area contributed by atoms with Crippen LogP contribution in [-0.4, -0.2) is 28.1 Å². The van der Waals surface area contributed by atoms with Crippen LogP contribution in [0.5, 0.6) is 0 Å². The highest BCUT2D eigenvalue weighted by molar-refractivity contribution is 5.86. The van der Waals surface area contributed by atoms with Gasteiger partial charge < -0.3 is 10.4 Å². The summed E-state index contributed by atoms with van der Waals surface area (Å²) in [6.07, 6.45) is 0.510. The Morgan fingerprint density at radius 1 is 1.26 bits per heavy atom. The molecule has 2 rings (SSSR count). The molecule has 0 spiro atoms. The second kappa shape index (κ2) is 5.48. The van der Waals surface area contributed by atoms with Crippen LogP contribution in [-0.2, 0) is 6.42 Å². The number of anilines is 1. The van der Waals surface area contributed by atoms with E-state index >= 15 is 0 Å². The summed E-state index contributed by atoms with van der Waals surface area (Å²) in [6.45, 7) is 2.02. The highest BCUT2D eigenvalue weighted by Crippen LogP contribution is 2.11. The lowest BCUT2D eigenvalue weighted by molar-refractivity contribution is 0.0690. The molecule has 0 atom stereocenters. The highest BCUT2D eigenvalue weighted by atomic mass is 16.4. The molecule has 0 unspecified atom stereocenters. The van der Waals surface area contributed by atoms with Gasteiger partial charge in [0.15, 0.2) is 5.69 Å². The predicted octanol–water partition coefficient (Wildman–Crippen LogP) is 2.12. The van der Waals surface area contributed by atoms with Crippen molar-refractivity contribution in [2.24, 2.45) is 0 Å². The lowest BCUT2D eigenvalue weighted by Crippen LogP contribution is -2.08. The van der Waals surface area contributed by atoms with Gasteiger partial charge in [0.1, 0.15) is 11.6 Å². The van der Waals surface area contributed by atoms with Gasteiger partial charge in [0.2, 0.25) is 0 Å². The molecule has 5 nitrogen and oxygen atoms in total. The summed E-state index contributed by atoms with van der Waals surface area (Å²) in [6, 6.07) is 9.42. The third-order valence-corrected chi connectivity index (χ3v) is 2.73. The average molecular weight is 257 g/mol. The first kappa shape index (κ1) is 13.0. The van der Waals surface area contributed by atoms with Gasteiger partial charge in [-0.3, -0.25) is 0 Å². The van der Waals surface area contributed by atoms with Gasteiger partial charge in [-0.15, -0.1) is 0 Å². The number of nitrogens with one attached hydrogen (secondary N) is 1. The summed E-state index contributed by atoms with van der Waals surface area (Å²) in [4.78, 5) is 19.3. The maximum atomic E-state index is 11.0. The number of nitrogens with zero attached hydrogens (tertiary/aromatic N) is 2. The van der Waals surface area contributed by atoms with E-state index in [4.69, 9.17) is 5.11 Å². The fourth-order valence-electron chi connectivity index (χ4n) is 1.70. The Kier molecular flexibility index (Phi) is 3.75. The summed E-state index contributed by atoms with van der Waals surface area (Å²) in [5.74, 6) is -0.0494. The number of aromatic carboxylic acids is 1. The van der Waals surface area contributed by atoms with Crippen LogP contribution in [0, 0.1) is 6.92 Å². The number of carbonyl (C=O) groups is 1. The van der Waals surface area contributed by atoms with E-state index < -0.39 is 5.97 Å². The Bertz CT molecular complexity index is 594. The molecular formula is C14H15N3O2. The first-order valence-corrected chi connectivity index (χ1v) is 5.93. The van der Waals surface area contributed by atoms with Crippen molar-refractivity contribution >= 4 is 11.8 Å². The monoisotopic (exact) mass is 257 g/mol. The van der Waals surface area contributed by atoms with Crippen molar-refractivity contribution in [2.75, 3.05) is 12.4 Å². The number of hydrogen-bond acceptors (Lipinski definition) is 4. The van der Waals surface area contributed by atoms with Crippen molar-refractivity contribution in [1.82, 2.24) is 9.97 Å². The van der Waals surface area contributed by atoms with Gasteiger partial charge in [-0.25, -0.2) is 14.8 Å². The third kappa shape index (κ3) is 3.28. The van der Waals surface area contributed by atoms with Gasteiger partial charge >= 0.3 is 5.97 Å². The minimum Gasteiger partial charge on any atom is -0.477 e. The molecule has 1 heterocycles. The van der Waals surface area contributed by atoms with Crippen LogP contribution in [0.25, 0.3) is 0 Å². The van der Waals surface area contributed by atoms with E-state index in [1.54, 1.807) is 7.05 Å². The van der Waals surface area contributed by atoms with E-state index in [1.807, 2.05) is 31.2 Å². The number of aryl methyl sites for hydroxylation is 1. The molecule has 2 N–H and O–H groups in total. The van der Waals surface area contributed by atoms with Crippen molar-refractivity contribution in [3.8, 4) is 0 Å². The first-order chi connectivity index (χ1) is 9.08. The Balaban J connectivity index is 2.31. The van der Waals surface area contributed by atoms with E-state index in [1.165, 1.54) is 11.6 Å². The van der Waals surface area contributed by atoms with Crippen LogP contribution >= 0.6 is 0 Å². The SMILES string of the molecule is CNc1cc(C(=O)O)nc(Cc2ccc(C)cc2)n1. The molecule has 0 aliphatic rings. The molecule has 1 aromatic heterocycles. The Hall–Kier alpha value is -2.43. The molecule has 0 saturated heterocycles. The molecule has 0 aliphatic heterocycles. The fourth-order valence-corrected chi connectivity index (χ4v) is 1.70. The zero-order chi connectivity index (χ0) is 13.8. The number of carboxylic acid groups (broad SMARTS) is 1.